The molecule has 1 heterocycles. The average Bonchev–Trinajstić information content (AvgIpc) is 2.72. The highest BCUT2D eigenvalue weighted by Crippen LogP contribution is 2.18. The molecule has 96 valence electrons. The second-order valence-electron chi connectivity index (χ2n) is 4.91. The predicted molar refractivity (Wildman–Crippen MR) is 74.4 cm³/mol. The molecule has 3 heteroatoms. The van der Waals surface area contributed by atoms with Gasteiger partial charge >= 0.3 is 0 Å². The summed E-state index contributed by atoms with van der Waals surface area (Å²) in [5.74, 6) is 0. The molecule has 18 heavy (non-hydrogen) atoms. The Balaban J connectivity index is 2.03. The molecular weight excluding hydrogens is 222 g/mol. The maximum atomic E-state index is 4.17. The maximum Gasteiger partial charge on any atom is 0.0518 e. The van der Waals surface area contributed by atoms with Gasteiger partial charge < -0.3 is 5.32 Å². The Kier molecular flexibility index (Phi) is 3.82. The van der Waals surface area contributed by atoms with Crippen molar-refractivity contribution in [1.29, 1.82) is 0 Å². The molecule has 0 aliphatic carbocycles. The van der Waals surface area contributed by atoms with Gasteiger partial charge in [0.25, 0.3) is 0 Å². The van der Waals surface area contributed by atoms with Crippen LogP contribution < -0.4 is 5.32 Å². The summed E-state index contributed by atoms with van der Waals surface area (Å²) in [5, 5.41) is 7.71. The van der Waals surface area contributed by atoms with Gasteiger partial charge in [-0.3, -0.25) is 4.68 Å². The Bertz CT molecular complexity index is 528. The third-order valence-corrected chi connectivity index (χ3v) is 3.40. The number of hydrogen-bond acceptors (Lipinski definition) is 2. The van der Waals surface area contributed by atoms with Gasteiger partial charge in [-0.2, -0.15) is 5.10 Å². The van der Waals surface area contributed by atoms with Crippen molar-refractivity contribution in [2.45, 2.75) is 33.4 Å². The standard InChI is InChI=1S/C15H21N3/c1-11-5-6-15(12(2)9-11)13(3)16-10-14-7-8-17-18(14)4/h5-9,13,16H,10H2,1-4H3. The number of aromatic nitrogens is 2. The van der Waals surface area contributed by atoms with Crippen LogP contribution in [0.2, 0.25) is 0 Å². The third-order valence-electron chi connectivity index (χ3n) is 3.40. The van der Waals surface area contributed by atoms with Crippen molar-refractivity contribution in [3.05, 3.63) is 52.8 Å². The van der Waals surface area contributed by atoms with Gasteiger partial charge in [0.1, 0.15) is 0 Å². The molecular formula is C15H21N3. The Morgan fingerprint density at radius 3 is 2.67 bits per heavy atom. The van der Waals surface area contributed by atoms with E-state index in [2.05, 4.69) is 49.4 Å². The fourth-order valence-corrected chi connectivity index (χ4v) is 2.25. The number of benzene rings is 1. The largest absolute Gasteiger partial charge is 0.305 e. The highest BCUT2D eigenvalue weighted by Gasteiger charge is 2.08. The van der Waals surface area contributed by atoms with E-state index >= 15 is 0 Å². The zero-order valence-electron chi connectivity index (χ0n) is 11.6. The van der Waals surface area contributed by atoms with Crippen LogP contribution in [-0.4, -0.2) is 9.78 Å². The molecule has 0 amide bonds. The zero-order valence-corrected chi connectivity index (χ0v) is 11.6. The first-order valence-electron chi connectivity index (χ1n) is 6.35. The minimum Gasteiger partial charge on any atom is -0.305 e. The number of nitrogens with one attached hydrogen (secondary N) is 1. The van der Waals surface area contributed by atoms with Crippen molar-refractivity contribution in [2.24, 2.45) is 7.05 Å². The maximum absolute atomic E-state index is 4.17. The van der Waals surface area contributed by atoms with Gasteiger partial charge in [-0.15, -0.1) is 0 Å². The van der Waals surface area contributed by atoms with E-state index < -0.39 is 0 Å². The van der Waals surface area contributed by atoms with Crippen molar-refractivity contribution in [3.63, 3.8) is 0 Å². The lowest BCUT2D eigenvalue weighted by molar-refractivity contribution is 0.546. The van der Waals surface area contributed by atoms with Crippen LogP contribution in [-0.2, 0) is 13.6 Å². The monoisotopic (exact) mass is 243 g/mol. The van der Waals surface area contributed by atoms with Crippen molar-refractivity contribution < 1.29 is 0 Å². The minimum atomic E-state index is 0.348. The summed E-state index contributed by atoms with van der Waals surface area (Å²) < 4.78 is 1.90. The lowest BCUT2D eigenvalue weighted by Crippen LogP contribution is -2.20. The van der Waals surface area contributed by atoms with Gasteiger partial charge in [0, 0.05) is 25.8 Å². The number of aryl methyl sites for hydroxylation is 3. The molecule has 0 fully saturated rings. The van der Waals surface area contributed by atoms with Crippen LogP contribution in [0, 0.1) is 13.8 Å². The molecule has 0 aliphatic rings. The fourth-order valence-electron chi connectivity index (χ4n) is 2.25. The first-order chi connectivity index (χ1) is 8.58. The van der Waals surface area contributed by atoms with Crippen LogP contribution in [0.25, 0.3) is 0 Å². The Labute approximate surface area is 109 Å². The Hall–Kier alpha value is -1.61. The summed E-state index contributed by atoms with van der Waals surface area (Å²) in [5.41, 5.74) is 5.23. The Morgan fingerprint density at radius 2 is 2.06 bits per heavy atom. The molecule has 1 unspecified atom stereocenters. The van der Waals surface area contributed by atoms with E-state index in [-0.39, 0.29) is 0 Å². The van der Waals surface area contributed by atoms with Crippen LogP contribution >= 0.6 is 0 Å². The summed E-state index contributed by atoms with van der Waals surface area (Å²) >= 11 is 0. The first-order valence-corrected chi connectivity index (χ1v) is 6.35. The average molecular weight is 243 g/mol. The molecule has 0 saturated heterocycles. The molecule has 2 aromatic rings. The van der Waals surface area contributed by atoms with Crippen molar-refractivity contribution in [2.75, 3.05) is 0 Å². The van der Waals surface area contributed by atoms with Crippen LogP contribution in [0.15, 0.2) is 30.5 Å². The molecule has 0 aliphatic heterocycles. The highest BCUT2D eigenvalue weighted by atomic mass is 15.3. The molecule has 1 N–H and O–H groups in total. The third kappa shape index (κ3) is 2.79. The van der Waals surface area contributed by atoms with E-state index in [1.165, 1.54) is 22.4 Å². The molecule has 3 nitrogen and oxygen atoms in total. The van der Waals surface area contributed by atoms with E-state index in [1.54, 1.807) is 0 Å². The summed E-state index contributed by atoms with van der Waals surface area (Å²) in [6.07, 6.45) is 1.83. The quantitative estimate of drug-likeness (QED) is 0.895. The second kappa shape index (κ2) is 5.36. The summed E-state index contributed by atoms with van der Waals surface area (Å²) in [6.45, 7) is 7.34. The number of rotatable bonds is 4. The van der Waals surface area contributed by atoms with E-state index in [9.17, 15) is 0 Å². The van der Waals surface area contributed by atoms with E-state index in [1.807, 2.05) is 24.0 Å². The van der Waals surface area contributed by atoms with E-state index in [4.69, 9.17) is 0 Å². The molecule has 1 aromatic carbocycles. The van der Waals surface area contributed by atoms with Crippen LogP contribution in [0.5, 0.6) is 0 Å². The molecule has 0 spiro atoms. The SMILES string of the molecule is Cc1ccc(C(C)NCc2ccnn2C)c(C)c1. The lowest BCUT2D eigenvalue weighted by atomic mass is 10.0. The van der Waals surface area contributed by atoms with Crippen molar-refractivity contribution in [3.8, 4) is 0 Å². The van der Waals surface area contributed by atoms with Crippen LogP contribution in [0.3, 0.4) is 0 Å². The summed E-state index contributed by atoms with van der Waals surface area (Å²) in [4.78, 5) is 0. The van der Waals surface area contributed by atoms with Gasteiger partial charge in [-0.1, -0.05) is 23.8 Å². The smallest absolute Gasteiger partial charge is 0.0518 e. The van der Waals surface area contributed by atoms with E-state index in [0.717, 1.165) is 6.54 Å². The molecule has 0 radical (unpaired) electrons. The topological polar surface area (TPSA) is 29.9 Å². The van der Waals surface area contributed by atoms with Gasteiger partial charge in [-0.25, -0.2) is 0 Å². The molecule has 0 saturated carbocycles. The fraction of sp³-hybridized carbons (Fsp3) is 0.400. The van der Waals surface area contributed by atoms with E-state index in [0.29, 0.717) is 6.04 Å². The number of hydrogen-bond donors (Lipinski definition) is 1. The van der Waals surface area contributed by atoms with Crippen molar-refractivity contribution in [1.82, 2.24) is 15.1 Å². The highest BCUT2D eigenvalue weighted by molar-refractivity contribution is 5.32. The van der Waals surface area contributed by atoms with Gasteiger partial charge in [0.15, 0.2) is 0 Å². The summed E-state index contributed by atoms with van der Waals surface area (Å²) in [7, 11) is 1.97. The molecule has 2 rings (SSSR count). The van der Waals surface area contributed by atoms with Gasteiger partial charge in [0.05, 0.1) is 5.69 Å². The lowest BCUT2D eigenvalue weighted by Gasteiger charge is -2.17. The van der Waals surface area contributed by atoms with Gasteiger partial charge in [0.2, 0.25) is 0 Å². The second-order valence-corrected chi connectivity index (χ2v) is 4.91. The molecule has 1 aromatic heterocycles. The zero-order chi connectivity index (χ0) is 13.1. The Morgan fingerprint density at radius 1 is 1.28 bits per heavy atom. The number of nitrogens with zero attached hydrogens (tertiary/aromatic N) is 2. The van der Waals surface area contributed by atoms with Crippen LogP contribution in [0.4, 0.5) is 0 Å². The predicted octanol–water partition coefficient (Wildman–Crippen LogP) is 2.89. The minimum absolute atomic E-state index is 0.348. The first kappa shape index (κ1) is 12.8. The van der Waals surface area contributed by atoms with Crippen molar-refractivity contribution >= 4 is 0 Å². The molecule has 0 bridgehead atoms. The van der Waals surface area contributed by atoms with Crippen LogP contribution in [0.1, 0.15) is 35.3 Å². The van der Waals surface area contributed by atoms with Gasteiger partial charge in [-0.05, 0) is 38.0 Å². The summed E-state index contributed by atoms with van der Waals surface area (Å²) in [6, 6.07) is 9.01. The normalized spacial score (nSPS) is 12.7. The molecule has 1 atom stereocenters.